The smallest absolute Gasteiger partial charge is 0.287 e. The van der Waals surface area contributed by atoms with E-state index < -0.39 is 12.0 Å². The van der Waals surface area contributed by atoms with E-state index in [-0.39, 0.29) is 18.5 Å². The quantitative estimate of drug-likeness (QED) is 0.606. The van der Waals surface area contributed by atoms with Gasteiger partial charge in [0.25, 0.3) is 18.3 Å². The lowest BCUT2D eigenvalue weighted by Crippen LogP contribution is -2.51. The molecule has 28 heavy (non-hydrogen) atoms. The molecule has 6 rings (SSSR count). The molecule has 1 aromatic heterocycles. The number of rotatable bonds is 2. The lowest BCUT2D eigenvalue weighted by Gasteiger charge is -2.39. The van der Waals surface area contributed by atoms with Crippen molar-refractivity contribution in [3.8, 4) is 6.19 Å². The Morgan fingerprint density at radius 2 is 2.14 bits per heavy atom. The number of aliphatic imine (C=N–C) groups is 1. The number of hydrazine groups is 1. The van der Waals surface area contributed by atoms with E-state index in [1.807, 2.05) is 24.4 Å². The summed E-state index contributed by atoms with van der Waals surface area (Å²) in [6, 6.07) is 7.28. The van der Waals surface area contributed by atoms with E-state index in [4.69, 9.17) is 4.52 Å². The van der Waals surface area contributed by atoms with Crippen LogP contribution in [0.15, 0.2) is 45.8 Å². The van der Waals surface area contributed by atoms with Gasteiger partial charge in [-0.25, -0.2) is 19.9 Å². The third-order valence-corrected chi connectivity index (χ3v) is 5.25. The van der Waals surface area contributed by atoms with E-state index in [1.165, 1.54) is 11.1 Å². The zero-order valence-electron chi connectivity index (χ0n) is 14.4. The van der Waals surface area contributed by atoms with Crippen LogP contribution in [0.4, 0.5) is 16.0 Å². The normalized spacial score (nSPS) is 23.7. The van der Waals surface area contributed by atoms with E-state index in [0.717, 1.165) is 10.5 Å². The highest BCUT2D eigenvalue weighted by Crippen LogP contribution is 2.46. The number of amidine groups is 1. The van der Waals surface area contributed by atoms with Crippen molar-refractivity contribution in [2.45, 2.75) is 24.9 Å². The molecule has 0 saturated heterocycles. The number of nitrogens with zero attached hydrogens (tertiary/aromatic N) is 8. The van der Waals surface area contributed by atoms with Gasteiger partial charge in [0.15, 0.2) is 17.8 Å². The molecule has 1 atom stereocenters. The van der Waals surface area contributed by atoms with Gasteiger partial charge in [0.05, 0.1) is 11.9 Å². The van der Waals surface area contributed by atoms with Gasteiger partial charge in [0.1, 0.15) is 12.3 Å². The molecule has 0 amide bonds. The third kappa shape index (κ3) is 1.84. The summed E-state index contributed by atoms with van der Waals surface area (Å²) < 4.78 is 20.2. The maximum atomic E-state index is 15.0. The molecule has 4 aliphatic rings. The second kappa shape index (κ2) is 4.99. The third-order valence-electron chi connectivity index (χ3n) is 5.25. The summed E-state index contributed by atoms with van der Waals surface area (Å²) in [5.74, 6) is 1.38. The van der Waals surface area contributed by atoms with Gasteiger partial charge < -0.3 is 9.63 Å². The zero-order valence-corrected chi connectivity index (χ0v) is 14.4. The Bertz CT molecular complexity index is 1100. The molecule has 0 radical (unpaired) electrons. The summed E-state index contributed by atoms with van der Waals surface area (Å²) in [5, 5.41) is 26.7. The van der Waals surface area contributed by atoms with Gasteiger partial charge in [-0.05, 0) is 30.1 Å². The molecule has 0 bridgehead atoms. The Kier molecular flexibility index (Phi) is 2.75. The Balaban J connectivity index is 1.47. The van der Waals surface area contributed by atoms with Crippen molar-refractivity contribution in [3.63, 3.8) is 0 Å². The Labute approximate surface area is 158 Å². The fraction of sp³-hybridized carbons (Fsp3) is 0.294. The molecule has 1 fully saturated rings. The largest absolute Gasteiger partial charge is 0.380 e. The summed E-state index contributed by atoms with van der Waals surface area (Å²) in [6.45, 7) is 0.190. The predicted molar refractivity (Wildman–Crippen MR) is 92.5 cm³/mol. The second-order valence-electron chi connectivity index (χ2n) is 6.96. The van der Waals surface area contributed by atoms with Crippen LogP contribution in [0.2, 0.25) is 0 Å². The van der Waals surface area contributed by atoms with Crippen molar-refractivity contribution in [2.24, 2.45) is 4.99 Å². The van der Waals surface area contributed by atoms with E-state index >= 15 is 0 Å². The number of aromatic nitrogens is 2. The number of para-hydroxylation sites is 1. The summed E-state index contributed by atoms with van der Waals surface area (Å²) in [7, 11) is 0. The summed E-state index contributed by atoms with van der Waals surface area (Å²) >= 11 is 0. The van der Waals surface area contributed by atoms with E-state index in [0.29, 0.717) is 30.2 Å². The first kappa shape index (κ1) is 15.4. The maximum Gasteiger partial charge on any atom is 0.287 e. The van der Waals surface area contributed by atoms with Crippen LogP contribution in [0.3, 0.4) is 0 Å². The minimum atomic E-state index is -1.67. The molecule has 1 unspecified atom stereocenters. The molecule has 11 heteroatoms. The predicted octanol–water partition coefficient (Wildman–Crippen LogP) is 1.16. The second-order valence-corrected chi connectivity index (χ2v) is 6.96. The number of halogens is 1. The van der Waals surface area contributed by atoms with Crippen LogP contribution in [0.1, 0.15) is 24.3 Å². The average Bonchev–Trinajstić information content (AvgIpc) is 3.11. The fourth-order valence-corrected chi connectivity index (χ4v) is 3.63. The first-order chi connectivity index (χ1) is 13.6. The van der Waals surface area contributed by atoms with Gasteiger partial charge in [0.2, 0.25) is 0 Å². The SMILES string of the molecule is N#CN1C=C2N(c3ccccc3C3=NCN(c4noc(C5(O)CC5)n4)N23)C1F. The summed E-state index contributed by atoms with van der Waals surface area (Å²) in [6.07, 6.45) is 2.75. The van der Waals surface area contributed by atoms with E-state index in [2.05, 4.69) is 15.1 Å². The standard InChI is InChI=1S/C17H13FN8O2/c18-15-23(8-19)7-12-25(15)11-4-2-1-3-10(11)13-20-9-24(26(12)13)16-21-14(28-22-16)17(27)5-6-17/h1-4,7,15,27H,5-6,9H2. The fourth-order valence-electron chi connectivity index (χ4n) is 3.63. The van der Waals surface area contributed by atoms with Gasteiger partial charge >= 0.3 is 0 Å². The number of hydrogen-bond acceptors (Lipinski definition) is 10. The highest BCUT2D eigenvalue weighted by atomic mass is 19.1. The molecule has 10 nitrogen and oxygen atoms in total. The molecule has 0 spiro atoms. The monoisotopic (exact) mass is 380 g/mol. The topological polar surface area (TPSA) is 108 Å². The first-order valence-corrected chi connectivity index (χ1v) is 8.72. The number of alkyl halides is 1. The van der Waals surface area contributed by atoms with Gasteiger partial charge in [-0.1, -0.05) is 12.1 Å². The van der Waals surface area contributed by atoms with Crippen molar-refractivity contribution >= 4 is 17.5 Å². The number of anilines is 2. The zero-order chi connectivity index (χ0) is 19.0. The van der Waals surface area contributed by atoms with E-state index in [1.54, 1.807) is 16.1 Å². The summed E-state index contributed by atoms with van der Waals surface area (Å²) in [4.78, 5) is 11.2. The highest BCUT2D eigenvalue weighted by Gasteiger charge is 2.50. The Hall–Kier alpha value is -3.65. The van der Waals surface area contributed by atoms with Crippen molar-refractivity contribution in [1.29, 1.82) is 5.26 Å². The number of fused-ring (bicyclic) bond motifs is 6. The Morgan fingerprint density at radius 3 is 2.93 bits per heavy atom. The molecule has 1 aliphatic carbocycles. The molecular weight excluding hydrogens is 367 g/mol. The number of aliphatic hydroxyl groups is 1. The van der Waals surface area contributed by atoms with Crippen LogP contribution in [0.5, 0.6) is 0 Å². The molecule has 3 aliphatic heterocycles. The number of hydrogen-bond donors (Lipinski definition) is 1. The lowest BCUT2D eigenvalue weighted by molar-refractivity contribution is 0.108. The van der Waals surface area contributed by atoms with Crippen molar-refractivity contribution in [2.75, 3.05) is 16.6 Å². The average molecular weight is 380 g/mol. The van der Waals surface area contributed by atoms with E-state index in [9.17, 15) is 14.8 Å². The molecule has 4 heterocycles. The van der Waals surface area contributed by atoms with Crippen LogP contribution in [-0.4, -0.2) is 44.1 Å². The molecule has 2 aromatic rings. The van der Waals surface area contributed by atoms with Crippen LogP contribution >= 0.6 is 0 Å². The Morgan fingerprint density at radius 1 is 1.32 bits per heavy atom. The molecule has 1 aromatic carbocycles. The van der Waals surface area contributed by atoms with Crippen molar-refractivity contribution in [1.82, 2.24) is 20.0 Å². The minimum Gasteiger partial charge on any atom is -0.380 e. The van der Waals surface area contributed by atoms with Crippen LogP contribution in [-0.2, 0) is 5.60 Å². The minimum absolute atomic E-state index is 0.160. The summed E-state index contributed by atoms with van der Waals surface area (Å²) in [5.41, 5.74) is 0.301. The van der Waals surface area contributed by atoms with Crippen LogP contribution in [0.25, 0.3) is 0 Å². The highest BCUT2D eigenvalue weighted by molar-refractivity contribution is 6.09. The van der Waals surface area contributed by atoms with Gasteiger partial charge in [-0.2, -0.15) is 14.6 Å². The molecule has 1 saturated carbocycles. The maximum absolute atomic E-state index is 15.0. The van der Waals surface area contributed by atoms with Crippen LogP contribution in [0, 0.1) is 11.5 Å². The number of nitriles is 1. The van der Waals surface area contributed by atoms with Gasteiger partial charge in [-0.15, -0.1) is 0 Å². The van der Waals surface area contributed by atoms with Gasteiger partial charge in [-0.3, -0.25) is 4.90 Å². The van der Waals surface area contributed by atoms with Crippen molar-refractivity contribution < 1.29 is 14.0 Å². The lowest BCUT2D eigenvalue weighted by atomic mass is 10.1. The van der Waals surface area contributed by atoms with Crippen molar-refractivity contribution in [3.05, 3.63) is 47.7 Å². The molecule has 140 valence electrons. The molecule has 1 N–H and O–H groups in total. The van der Waals surface area contributed by atoms with Gasteiger partial charge in [0, 0.05) is 5.56 Å². The molecular formula is C17H13FN8O2. The first-order valence-electron chi connectivity index (χ1n) is 8.72. The van der Waals surface area contributed by atoms with Crippen LogP contribution < -0.4 is 9.91 Å². The number of benzene rings is 1.